The number of anilines is 1. The van der Waals surface area contributed by atoms with Gasteiger partial charge in [-0.15, -0.1) is 0 Å². The van der Waals surface area contributed by atoms with Crippen LogP contribution in [0.5, 0.6) is 0 Å². The first-order valence-corrected chi connectivity index (χ1v) is 3.81. The van der Waals surface area contributed by atoms with Crippen molar-refractivity contribution in [1.29, 1.82) is 0 Å². The van der Waals surface area contributed by atoms with Gasteiger partial charge in [0.2, 0.25) is 5.72 Å². The van der Waals surface area contributed by atoms with Crippen LogP contribution >= 0.6 is 0 Å². The molecule has 0 aromatic heterocycles. The zero-order chi connectivity index (χ0) is 9.90. The summed E-state index contributed by atoms with van der Waals surface area (Å²) in [5.41, 5.74) is -1.36. The van der Waals surface area contributed by atoms with Crippen molar-refractivity contribution in [2.75, 3.05) is 5.32 Å². The van der Waals surface area contributed by atoms with Crippen LogP contribution in [0.25, 0.3) is 0 Å². The van der Waals surface area contributed by atoms with Crippen LogP contribution in [0.1, 0.15) is 6.92 Å². The van der Waals surface area contributed by atoms with Gasteiger partial charge in [0.15, 0.2) is 0 Å². The number of para-hydroxylation sites is 1. The van der Waals surface area contributed by atoms with E-state index in [1.165, 1.54) is 6.92 Å². The zero-order valence-corrected chi connectivity index (χ0v) is 7.19. The highest BCUT2D eigenvalue weighted by molar-refractivity contribution is 5.79. The molecule has 1 rings (SSSR count). The summed E-state index contributed by atoms with van der Waals surface area (Å²) in [4.78, 5) is 10.5. The van der Waals surface area contributed by atoms with Gasteiger partial charge in [-0.25, -0.2) is 4.79 Å². The number of aliphatic carboxylic acids is 1. The van der Waals surface area contributed by atoms with E-state index >= 15 is 0 Å². The SMILES string of the molecule is CC(O)(Nc1ccccc1)C(=O)O. The van der Waals surface area contributed by atoms with Gasteiger partial charge >= 0.3 is 5.97 Å². The summed E-state index contributed by atoms with van der Waals surface area (Å²) in [6.07, 6.45) is 0. The van der Waals surface area contributed by atoms with Crippen molar-refractivity contribution in [3.8, 4) is 0 Å². The second kappa shape index (κ2) is 3.45. The summed E-state index contributed by atoms with van der Waals surface area (Å²) in [6.45, 7) is 1.18. The van der Waals surface area contributed by atoms with E-state index in [4.69, 9.17) is 5.11 Å². The molecule has 1 unspecified atom stereocenters. The van der Waals surface area contributed by atoms with Crippen molar-refractivity contribution in [3.63, 3.8) is 0 Å². The molecule has 0 radical (unpaired) electrons. The van der Waals surface area contributed by atoms with Gasteiger partial charge in [0.25, 0.3) is 0 Å². The fraction of sp³-hybridized carbons (Fsp3) is 0.222. The Bertz CT molecular complexity index is 295. The molecular formula is C9H11NO3. The lowest BCUT2D eigenvalue weighted by Gasteiger charge is -2.20. The molecule has 0 amide bonds. The molecule has 4 nitrogen and oxygen atoms in total. The monoisotopic (exact) mass is 181 g/mol. The smallest absolute Gasteiger partial charge is 0.356 e. The maximum Gasteiger partial charge on any atom is 0.356 e. The summed E-state index contributed by atoms with van der Waals surface area (Å²) < 4.78 is 0. The third kappa shape index (κ3) is 2.45. The van der Waals surface area contributed by atoms with Gasteiger partial charge in [0.1, 0.15) is 0 Å². The Kier molecular flexibility index (Phi) is 2.53. The predicted molar refractivity (Wildman–Crippen MR) is 48.3 cm³/mol. The lowest BCUT2D eigenvalue weighted by molar-refractivity contribution is -0.153. The van der Waals surface area contributed by atoms with Gasteiger partial charge in [0, 0.05) is 5.69 Å². The fourth-order valence-corrected chi connectivity index (χ4v) is 0.856. The van der Waals surface area contributed by atoms with Gasteiger partial charge in [-0.1, -0.05) is 18.2 Å². The Balaban J connectivity index is 2.75. The van der Waals surface area contributed by atoms with E-state index in [9.17, 15) is 9.90 Å². The van der Waals surface area contributed by atoms with Gasteiger partial charge in [-0.3, -0.25) is 0 Å². The van der Waals surface area contributed by atoms with Gasteiger partial charge in [-0.05, 0) is 19.1 Å². The average molecular weight is 181 g/mol. The van der Waals surface area contributed by atoms with Crippen molar-refractivity contribution >= 4 is 11.7 Å². The fourth-order valence-electron chi connectivity index (χ4n) is 0.856. The lowest BCUT2D eigenvalue weighted by atomic mass is 10.2. The van der Waals surface area contributed by atoms with Gasteiger partial charge in [0.05, 0.1) is 0 Å². The molecule has 0 heterocycles. The van der Waals surface area contributed by atoms with Crippen molar-refractivity contribution in [3.05, 3.63) is 30.3 Å². The highest BCUT2D eigenvalue weighted by Gasteiger charge is 2.29. The number of hydrogen-bond acceptors (Lipinski definition) is 3. The van der Waals surface area contributed by atoms with E-state index in [1.807, 2.05) is 0 Å². The van der Waals surface area contributed by atoms with E-state index < -0.39 is 11.7 Å². The molecule has 1 aromatic carbocycles. The molecule has 0 saturated heterocycles. The maximum absolute atomic E-state index is 10.5. The lowest BCUT2D eigenvalue weighted by Crippen LogP contribution is -2.42. The predicted octanol–water partition coefficient (Wildman–Crippen LogP) is 0.892. The molecule has 4 heteroatoms. The van der Waals surface area contributed by atoms with Crippen molar-refractivity contribution in [2.45, 2.75) is 12.6 Å². The van der Waals surface area contributed by atoms with E-state index in [1.54, 1.807) is 30.3 Å². The van der Waals surface area contributed by atoms with Crippen LogP contribution in [0.4, 0.5) is 5.69 Å². The molecule has 70 valence electrons. The minimum absolute atomic E-state index is 0.565. The largest absolute Gasteiger partial charge is 0.478 e. The molecule has 0 spiro atoms. The van der Waals surface area contributed by atoms with Crippen LogP contribution in [0.15, 0.2) is 30.3 Å². The standard InChI is InChI=1S/C9H11NO3/c1-9(13,8(11)12)10-7-5-3-2-4-6-7/h2-6,10,13H,1H3,(H,11,12). The molecule has 0 aliphatic carbocycles. The highest BCUT2D eigenvalue weighted by atomic mass is 16.4. The molecule has 3 N–H and O–H groups in total. The summed E-state index contributed by atoms with van der Waals surface area (Å²) >= 11 is 0. The van der Waals surface area contributed by atoms with E-state index in [0.29, 0.717) is 5.69 Å². The molecule has 0 fully saturated rings. The zero-order valence-electron chi connectivity index (χ0n) is 7.19. The number of carboxylic acid groups (broad SMARTS) is 1. The molecule has 1 aromatic rings. The van der Waals surface area contributed by atoms with Gasteiger partial charge < -0.3 is 15.5 Å². The first-order chi connectivity index (χ1) is 6.02. The number of carbonyl (C=O) groups is 1. The normalized spacial score (nSPS) is 14.6. The van der Waals surface area contributed by atoms with E-state index in [-0.39, 0.29) is 0 Å². The first-order valence-electron chi connectivity index (χ1n) is 3.81. The second-order valence-corrected chi connectivity index (χ2v) is 2.87. The average Bonchev–Trinajstić information content (AvgIpc) is 2.05. The van der Waals surface area contributed by atoms with Crippen LogP contribution < -0.4 is 5.32 Å². The Morgan fingerprint density at radius 3 is 2.38 bits per heavy atom. The Labute approximate surface area is 75.8 Å². The molecule has 1 atom stereocenters. The van der Waals surface area contributed by atoms with Crippen LogP contribution in [0.2, 0.25) is 0 Å². The van der Waals surface area contributed by atoms with Crippen LogP contribution in [-0.4, -0.2) is 21.9 Å². The maximum atomic E-state index is 10.5. The summed E-state index contributed by atoms with van der Waals surface area (Å²) in [7, 11) is 0. The summed E-state index contributed by atoms with van der Waals surface area (Å²) in [5.74, 6) is -1.31. The highest BCUT2D eigenvalue weighted by Crippen LogP contribution is 2.12. The van der Waals surface area contributed by atoms with Gasteiger partial charge in [-0.2, -0.15) is 0 Å². The van der Waals surface area contributed by atoms with Crippen molar-refractivity contribution in [1.82, 2.24) is 0 Å². The topological polar surface area (TPSA) is 69.6 Å². The summed E-state index contributed by atoms with van der Waals surface area (Å²) in [5, 5.41) is 20.4. The minimum atomic E-state index is -1.93. The Hall–Kier alpha value is -1.55. The Morgan fingerprint density at radius 2 is 1.92 bits per heavy atom. The summed E-state index contributed by atoms with van der Waals surface area (Å²) in [6, 6.07) is 8.66. The van der Waals surface area contributed by atoms with Crippen LogP contribution in [0.3, 0.4) is 0 Å². The molecular weight excluding hydrogens is 170 g/mol. The molecule has 13 heavy (non-hydrogen) atoms. The number of hydrogen-bond donors (Lipinski definition) is 3. The minimum Gasteiger partial charge on any atom is -0.478 e. The second-order valence-electron chi connectivity index (χ2n) is 2.87. The van der Waals surface area contributed by atoms with Crippen LogP contribution in [-0.2, 0) is 4.79 Å². The number of rotatable bonds is 3. The molecule has 0 saturated carbocycles. The number of benzene rings is 1. The molecule has 0 aliphatic heterocycles. The van der Waals surface area contributed by atoms with E-state index in [2.05, 4.69) is 5.32 Å². The Morgan fingerprint density at radius 1 is 1.38 bits per heavy atom. The molecule has 0 aliphatic rings. The third-order valence-corrected chi connectivity index (χ3v) is 1.58. The molecule has 0 bridgehead atoms. The number of nitrogens with one attached hydrogen (secondary N) is 1. The van der Waals surface area contributed by atoms with Crippen molar-refractivity contribution in [2.24, 2.45) is 0 Å². The quantitative estimate of drug-likeness (QED) is 0.606. The number of carboxylic acids is 1. The third-order valence-electron chi connectivity index (χ3n) is 1.58. The first kappa shape index (κ1) is 9.54. The van der Waals surface area contributed by atoms with E-state index in [0.717, 1.165) is 0 Å². The number of aliphatic hydroxyl groups is 1. The van der Waals surface area contributed by atoms with Crippen LogP contribution in [0, 0.1) is 0 Å². The van der Waals surface area contributed by atoms with Crippen molar-refractivity contribution < 1.29 is 15.0 Å².